The monoisotopic (exact) mass is 300 g/mol. The lowest BCUT2D eigenvalue weighted by atomic mass is 10.2. The number of carbonyl (C=O) groups is 1. The topological polar surface area (TPSA) is 84.5 Å². The quantitative estimate of drug-likeness (QED) is 0.711. The SMILES string of the molecule is COCCNC(=O)CNS(=O)(=O)c1cc(C)ccc1C. The van der Waals surface area contributed by atoms with Gasteiger partial charge in [-0.1, -0.05) is 12.1 Å². The van der Waals surface area contributed by atoms with Crippen LogP contribution in [0.3, 0.4) is 0 Å². The number of aryl methyl sites for hydroxylation is 2. The smallest absolute Gasteiger partial charge is 0.241 e. The molecule has 0 spiro atoms. The Hall–Kier alpha value is -1.44. The van der Waals surface area contributed by atoms with Crippen LogP contribution in [0.15, 0.2) is 23.1 Å². The third-order valence-electron chi connectivity index (χ3n) is 2.68. The van der Waals surface area contributed by atoms with Crippen LogP contribution in [0.1, 0.15) is 11.1 Å². The summed E-state index contributed by atoms with van der Waals surface area (Å²) in [5.74, 6) is -0.393. The summed E-state index contributed by atoms with van der Waals surface area (Å²) in [4.78, 5) is 11.7. The van der Waals surface area contributed by atoms with Gasteiger partial charge in [0.05, 0.1) is 18.0 Å². The number of sulfonamides is 1. The minimum Gasteiger partial charge on any atom is -0.383 e. The van der Waals surface area contributed by atoms with Gasteiger partial charge in [0.1, 0.15) is 0 Å². The highest BCUT2D eigenvalue weighted by Crippen LogP contribution is 2.16. The van der Waals surface area contributed by atoms with E-state index in [2.05, 4.69) is 10.0 Å². The van der Waals surface area contributed by atoms with Crippen LogP contribution in [0.2, 0.25) is 0 Å². The van der Waals surface area contributed by atoms with Crippen LogP contribution < -0.4 is 10.0 Å². The second-order valence-corrected chi connectivity index (χ2v) is 6.17. The Balaban J connectivity index is 2.66. The number of methoxy groups -OCH3 is 1. The molecule has 0 atom stereocenters. The molecule has 1 amide bonds. The molecule has 0 aliphatic heterocycles. The maximum atomic E-state index is 12.1. The Morgan fingerprint density at radius 3 is 2.65 bits per heavy atom. The van der Waals surface area contributed by atoms with Crippen LogP contribution in [0.5, 0.6) is 0 Å². The molecule has 1 rings (SSSR count). The minimum atomic E-state index is -3.68. The summed E-state index contributed by atoms with van der Waals surface area (Å²) in [7, 11) is -2.16. The molecule has 0 bridgehead atoms. The van der Waals surface area contributed by atoms with Gasteiger partial charge in [-0.3, -0.25) is 4.79 Å². The molecule has 0 saturated carbocycles. The molecule has 1 aromatic rings. The molecular weight excluding hydrogens is 280 g/mol. The first-order valence-electron chi connectivity index (χ1n) is 6.19. The van der Waals surface area contributed by atoms with E-state index in [1.54, 1.807) is 19.1 Å². The zero-order valence-corrected chi connectivity index (χ0v) is 12.7. The van der Waals surface area contributed by atoms with Crippen molar-refractivity contribution in [1.82, 2.24) is 10.0 Å². The van der Waals surface area contributed by atoms with Crippen LogP contribution in [0.25, 0.3) is 0 Å². The fraction of sp³-hybridized carbons (Fsp3) is 0.462. The van der Waals surface area contributed by atoms with Gasteiger partial charge in [0.2, 0.25) is 15.9 Å². The largest absolute Gasteiger partial charge is 0.383 e. The van der Waals surface area contributed by atoms with Crippen LogP contribution in [0, 0.1) is 13.8 Å². The van der Waals surface area contributed by atoms with Crippen molar-refractivity contribution in [3.05, 3.63) is 29.3 Å². The standard InChI is InChI=1S/C13H20N2O4S/c1-10-4-5-11(2)12(8-10)20(17,18)15-9-13(16)14-6-7-19-3/h4-5,8,15H,6-7,9H2,1-3H3,(H,14,16). The maximum Gasteiger partial charge on any atom is 0.241 e. The Bertz CT molecular complexity index is 570. The summed E-state index contributed by atoms with van der Waals surface area (Å²) in [6.45, 7) is 3.97. The Labute approximate surface area is 119 Å². The van der Waals surface area contributed by atoms with Gasteiger partial charge < -0.3 is 10.1 Å². The molecule has 0 radical (unpaired) electrons. The van der Waals surface area contributed by atoms with Crippen LogP contribution in [0.4, 0.5) is 0 Å². The zero-order chi connectivity index (χ0) is 15.2. The van der Waals surface area contributed by atoms with E-state index in [4.69, 9.17) is 4.74 Å². The summed E-state index contributed by atoms with van der Waals surface area (Å²) < 4.78 is 31.3. The fourth-order valence-corrected chi connectivity index (χ4v) is 2.90. The molecule has 2 N–H and O–H groups in total. The van der Waals surface area contributed by atoms with Gasteiger partial charge in [-0.2, -0.15) is 0 Å². The van der Waals surface area contributed by atoms with E-state index in [-0.39, 0.29) is 11.4 Å². The van der Waals surface area contributed by atoms with Gasteiger partial charge in [0, 0.05) is 13.7 Å². The molecule has 20 heavy (non-hydrogen) atoms. The molecule has 0 aliphatic rings. The van der Waals surface area contributed by atoms with Crippen LogP contribution in [-0.2, 0) is 19.6 Å². The van der Waals surface area contributed by atoms with Crippen molar-refractivity contribution in [2.24, 2.45) is 0 Å². The van der Waals surface area contributed by atoms with E-state index in [1.807, 2.05) is 13.0 Å². The summed E-state index contributed by atoms with van der Waals surface area (Å²) in [5, 5.41) is 2.54. The number of amides is 1. The Morgan fingerprint density at radius 2 is 2.00 bits per heavy atom. The third kappa shape index (κ3) is 4.92. The van der Waals surface area contributed by atoms with E-state index in [1.165, 1.54) is 7.11 Å². The van der Waals surface area contributed by atoms with Gasteiger partial charge in [-0.05, 0) is 31.0 Å². The molecule has 0 fully saturated rings. The number of nitrogens with one attached hydrogen (secondary N) is 2. The third-order valence-corrected chi connectivity index (χ3v) is 4.23. The number of benzene rings is 1. The zero-order valence-electron chi connectivity index (χ0n) is 11.9. The number of carbonyl (C=O) groups excluding carboxylic acids is 1. The molecule has 0 unspecified atom stereocenters. The lowest BCUT2D eigenvalue weighted by Crippen LogP contribution is -2.38. The first-order chi connectivity index (χ1) is 9.36. The first-order valence-corrected chi connectivity index (χ1v) is 7.67. The molecule has 0 saturated heterocycles. The van der Waals surface area contributed by atoms with Gasteiger partial charge in [0.25, 0.3) is 0 Å². The molecule has 0 heterocycles. The summed E-state index contributed by atoms with van der Waals surface area (Å²) in [5.41, 5.74) is 1.49. The second-order valence-electron chi connectivity index (χ2n) is 4.44. The minimum absolute atomic E-state index is 0.196. The summed E-state index contributed by atoms with van der Waals surface area (Å²) >= 11 is 0. The van der Waals surface area contributed by atoms with Crippen LogP contribution >= 0.6 is 0 Å². The van der Waals surface area contributed by atoms with Crippen molar-refractivity contribution < 1.29 is 17.9 Å². The summed E-state index contributed by atoms with van der Waals surface area (Å²) in [6, 6.07) is 5.16. The van der Waals surface area contributed by atoms with Crippen molar-refractivity contribution in [2.75, 3.05) is 26.8 Å². The second kappa shape index (κ2) is 7.37. The van der Waals surface area contributed by atoms with E-state index >= 15 is 0 Å². The fourth-order valence-electron chi connectivity index (χ4n) is 1.59. The molecule has 112 valence electrons. The first kappa shape index (κ1) is 16.6. The van der Waals surface area contributed by atoms with E-state index in [0.29, 0.717) is 18.7 Å². The van der Waals surface area contributed by atoms with Crippen molar-refractivity contribution in [3.8, 4) is 0 Å². The average Bonchev–Trinajstić information content (AvgIpc) is 2.39. The predicted octanol–water partition coefficient (Wildman–Crippen LogP) is 0.344. The highest BCUT2D eigenvalue weighted by molar-refractivity contribution is 7.89. The highest BCUT2D eigenvalue weighted by atomic mass is 32.2. The normalized spacial score (nSPS) is 11.3. The lowest BCUT2D eigenvalue weighted by molar-refractivity contribution is -0.120. The van der Waals surface area contributed by atoms with Crippen molar-refractivity contribution in [2.45, 2.75) is 18.7 Å². The highest BCUT2D eigenvalue weighted by Gasteiger charge is 2.17. The van der Waals surface area contributed by atoms with Gasteiger partial charge >= 0.3 is 0 Å². The van der Waals surface area contributed by atoms with E-state index < -0.39 is 15.9 Å². The Kier molecular flexibility index (Phi) is 6.12. The van der Waals surface area contributed by atoms with Gasteiger partial charge in [0.15, 0.2) is 0 Å². The average molecular weight is 300 g/mol. The van der Waals surface area contributed by atoms with E-state index in [0.717, 1.165) is 5.56 Å². The van der Waals surface area contributed by atoms with E-state index in [9.17, 15) is 13.2 Å². The number of rotatable bonds is 7. The number of ether oxygens (including phenoxy) is 1. The molecule has 0 aliphatic carbocycles. The molecular formula is C13H20N2O4S. The van der Waals surface area contributed by atoms with Gasteiger partial charge in [-0.15, -0.1) is 0 Å². The van der Waals surface area contributed by atoms with Crippen molar-refractivity contribution in [3.63, 3.8) is 0 Å². The van der Waals surface area contributed by atoms with Crippen molar-refractivity contribution in [1.29, 1.82) is 0 Å². The van der Waals surface area contributed by atoms with Gasteiger partial charge in [-0.25, -0.2) is 13.1 Å². The van der Waals surface area contributed by atoms with Crippen LogP contribution in [-0.4, -0.2) is 41.1 Å². The maximum absolute atomic E-state index is 12.1. The molecule has 1 aromatic carbocycles. The number of hydrogen-bond acceptors (Lipinski definition) is 4. The molecule has 7 heteroatoms. The molecule has 6 nitrogen and oxygen atoms in total. The number of hydrogen-bond donors (Lipinski definition) is 2. The lowest BCUT2D eigenvalue weighted by Gasteiger charge is -2.10. The molecule has 0 aromatic heterocycles. The van der Waals surface area contributed by atoms with Crippen molar-refractivity contribution >= 4 is 15.9 Å². The summed E-state index contributed by atoms with van der Waals surface area (Å²) in [6.07, 6.45) is 0. The Morgan fingerprint density at radius 1 is 1.30 bits per heavy atom. The predicted molar refractivity (Wildman–Crippen MR) is 76.0 cm³/mol.